The third-order valence-electron chi connectivity index (χ3n) is 3.47. The highest BCUT2D eigenvalue weighted by atomic mass is 16.4. The second-order valence-corrected chi connectivity index (χ2v) is 5.89. The van der Waals surface area contributed by atoms with Crippen molar-refractivity contribution < 1.29 is 14.7 Å². The summed E-state index contributed by atoms with van der Waals surface area (Å²) in [6, 6.07) is 16.0. The molecule has 22 heavy (non-hydrogen) atoms. The van der Waals surface area contributed by atoms with Gasteiger partial charge in [0.05, 0.1) is 5.56 Å². The van der Waals surface area contributed by atoms with Gasteiger partial charge in [0.1, 0.15) is 0 Å². The van der Waals surface area contributed by atoms with Gasteiger partial charge in [0.25, 0.3) is 0 Å². The highest BCUT2D eigenvalue weighted by Gasteiger charge is 2.28. The number of hydrogen-bond donors (Lipinski definition) is 2. The molecule has 0 atom stereocenters. The lowest BCUT2D eigenvalue weighted by molar-refractivity contribution is -0.123. The number of hydrogen-bond acceptors (Lipinski definition) is 2. The Labute approximate surface area is 129 Å². The topological polar surface area (TPSA) is 66.4 Å². The molecule has 0 fully saturated rings. The number of carbonyl (C=O) groups is 2. The van der Waals surface area contributed by atoms with E-state index in [1.54, 1.807) is 12.1 Å². The highest BCUT2D eigenvalue weighted by molar-refractivity contribution is 5.96. The Balaban J connectivity index is 2.10. The summed E-state index contributed by atoms with van der Waals surface area (Å²) in [7, 11) is 0. The Bertz CT molecular complexity index is 678. The Hall–Kier alpha value is -2.62. The average Bonchev–Trinajstić information content (AvgIpc) is 2.48. The van der Waals surface area contributed by atoms with Crippen LogP contribution in [0.2, 0.25) is 0 Å². The van der Waals surface area contributed by atoms with Crippen LogP contribution in [-0.2, 0) is 11.2 Å². The first-order valence-electron chi connectivity index (χ1n) is 7.07. The van der Waals surface area contributed by atoms with Gasteiger partial charge in [0, 0.05) is 11.1 Å². The number of amides is 1. The number of nitrogens with one attached hydrogen (secondary N) is 1. The zero-order valence-corrected chi connectivity index (χ0v) is 12.7. The molecule has 0 radical (unpaired) electrons. The van der Waals surface area contributed by atoms with E-state index in [1.165, 1.54) is 12.1 Å². The van der Waals surface area contributed by atoms with Crippen molar-refractivity contribution in [1.29, 1.82) is 0 Å². The number of aromatic carboxylic acids is 1. The number of carboxylic acid groups (broad SMARTS) is 1. The second kappa shape index (κ2) is 6.43. The molecule has 0 spiro atoms. The van der Waals surface area contributed by atoms with Crippen LogP contribution < -0.4 is 5.32 Å². The molecule has 0 bridgehead atoms. The molecule has 2 aromatic carbocycles. The Kier molecular flexibility index (Phi) is 4.61. The lowest BCUT2D eigenvalue weighted by Gasteiger charge is -2.23. The number of rotatable bonds is 5. The van der Waals surface area contributed by atoms with Gasteiger partial charge in [-0.3, -0.25) is 4.79 Å². The molecule has 4 heteroatoms. The van der Waals surface area contributed by atoms with Gasteiger partial charge in [0.15, 0.2) is 0 Å². The van der Waals surface area contributed by atoms with E-state index in [4.69, 9.17) is 5.11 Å². The van der Waals surface area contributed by atoms with E-state index >= 15 is 0 Å². The smallest absolute Gasteiger partial charge is 0.335 e. The van der Waals surface area contributed by atoms with Crippen molar-refractivity contribution in [1.82, 2.24) is 0 Å². The lowest BCUT2D eigenvalue weighted by Crippen LogP contribution is -2.32. The molecule has 0 aliphatic heterocycles. The molecular weight excluding hydrogens is 278 g/mol. The predicted molar refractivity (Wildman–Crippen MR) is 86.0 cm³/mol. The van der Waals surface area contributed by atoms with Crippen LogP contribution in [0, 0.1) is 5.41 Å². The van der Waals surface area contributed by atoms with Gasteiger partial charge >= 0.3 is 5.97 Å². The second-order valence-electron chi connectivity index (χ2n) is 5.89. The third kappa shape index (κ3) is 3.95. The van der Waals surface area contributed by atoms with Crippen LogP contribution in [-0.4, -0.2) is 17.0 Å². The minimum absolute atomic E-state index is 0.140. The van der Waals surface area contributed by atoms with Crippen molar-refractivity contribution in [2.45, 2.75) is 20.3 Å². The van der Waals surface area contributed by atoms with Gasteiger partial charge in [0.2, 0.25) is 5.91 Å². The van der Waals surface area contributed by atoms with E-state index in [0.717, 1.165) is 5.56 Å². The summed E-state index contributed by atoms with van der Waals surface area (Å²) in [5.74, 6) is -1.15. The minimum atomic E-state index is -1.01. The van der Waals surface area contributed by atoms with E-state index in [-0.39, 0.29) is 11.5 Å². The van der Waals surface area contributed by atoms with Crippen LogP contribution in [0.25, 0.3) is 0 Å². The standard InChI is InChI=1S/C18H19NO3/c1-18(2,12-13-7-4-3-5-8-13)17(22)19-15-10-6-9-14(11-15)16(20)21/h3-11H,12H2,1-2H3,(H,19,22)(H,20,21). The number of carbonyl (C=O) groups excluding carboxylic acids is 1. The summed E-state index contributed by atoms with van der Waals surface area (Å²) >= 11 is 0. The van der Waals surface area contributed by atoms with Crippen LogP contribution in [0.15, 0.2) is 54.6 Å². The Morgan fingerprint density at radius 1 is 1.05 bits per heavy atom. The van der Waals surface area contributed by atoms with Gasteiger partial charge in [-0.2, -0.15) is 0 Å². The van der Waals surface area contributed by atoms with E-state index in [2.05, 4.69) is 5.32 Å². The maximum Gasteiger partial charge on any atom is 0.335 e. The average molecular weight is 297 g/mol. The van der Waals surface area contributed by atoms with Crippen molar-refractivity contribution in [2.75, 3.05) is 5.32 Å². The first-order valence-corrected chi connectivity index (χ1v) is 7.07. The zero-order valence-electron chi connectivity index (χ0n) is 12.7. The molecule has 0 aromatic heterocycles. The highest BCUT2D eigenvalue weighted by Crippen LogP contribution is 2.24. The monoisotopic (exact) mass is 297 g/mol. The van der Waals surface area contributed by atoms with Crippen LogP contribution >= 0.6 is 0 Å². The zero-order chi connectivity index (χ0) is 16.2. The maximum absolute atomic E-state index is 12.5. The van der Waals surface area contributed by atoms with Gasteiger partial charge < -0.3 is 10.4 Å². The molecule has 0 saturated heterocycles. The SMILES string of the molecule is CC(C)(Cc1ccccc1)C(=O)Nc1cccc(C(=O)O)c1. The van der Waals surface area contributed by atoms with Gasteiger partial charge in [-0.1, -0.05) is 50.2 Å². The normalized spacial score (nSPS) is 11.0. The Morgan fingerprint density at radius 2 is 1.73 bits per heavy atom. The molecule has 4 nitrogen and oxygen atoms in total. The number of anilines is 1. The van der Waals surface area contributed by atoms with E-state index < -0.39 is 11.4 Å². The van der Waals surface area contributed by atoms with Crippen molar-refractivity contribution in [3.05, 3.63) is 65.7 Å². The molecular formula is C18H19NO3. The lowest BCUT2D eigenvalue weighted by atomic mass is 9.84. The summed E-state index contributed by atoms with van der Waals surface area (Å²) in [6.45, 7) is 3.74. The molecule has 2 aromatic rings. The molecule has 1 amide bonds. The van der Waals surface area contributed by atoms with E-state index in [1.807, 2.05) is 44.2 Å². The Morgan fingerprint density at radius 3 is 2.36 bits per heavy atom. The fourth-order valence-corrected chi connectivity index (χ4v) is 2.22. The van der Waals surface area contributed by atoms with Crippen molar-refractivity contribution >= 4 is 17.6 Å². The van der Waals surface area contributed by atoms with Gasteiger partial charge in [-0.05, 0) is 30.2 Å². The van der Waals surface area contributed by atoms with E-state index in [9.17, 15) is 9.59 Å². The number of carboxylic acids is 1. The van der Waals surface area contributed by atoms with Crippen molar-refractivity contribution in [2.24, 2.45) is 5.41 Å². The molecule has 0 unspecified atom stereocenters. The summed E-state index contributed by atoms with van der Waals surface area (Å²) in [5.41, 5.74) is 1.13. The van der Waals surface area contributed by atoms with Crippen LogP contribution in [0.5, 0.6) is 0 Å². The van der Waals surface area contributed by atoms with Crippen LogP contribution in [0.1, 0.15) is 29.8 Å². The molecule has 0 saturated carbocycles. The van der Waals surface area contributed by atoms with Gasteiger partial charge in [-0.25, -0.2) is 4.79 Å². The fraction of sp³-hybridized carbons (Fsp3) is 0.222. The predicted octanol–water partition coefficient (Wildman–Crippen LogP) is 3.59. The van der Waals surface area contributed by atoms with Crippen molar-refractivity contribution in [3.8, 4) is 0 Å². The van der Waals surface area contributed by atoms with E-state index in [0.29, 0.717) is 12.1 Å². The van der Waals surface area contributed by atoms with Crippen LogP contribution in [0.4, 0.5) is 5.69 Å². The maximum atomic E-state index is 12.5. The summed E-state index contributed by atoms with van der Waals surface area (Å²) in [4.78, 5) is 23.4. The third-order valence-corrected chi connectivity index (χ3v) is 3.47. The first-order chi connectivity index (χ1) is 10.4. The molecule has 0 heterocycles. The summed E-state index contributed by atoms with van der Waals surface area (Å²) in [5, 5.41) is 11.8. The summed E-state index contributed by atoms with van der Waals surface area (Å²) < 4.78 is 0. The van der Waals surface area contributed by atoms with Gasteiger partial charge in [-0.15, -0.1) is 0 Å². The molecule has 114 valence electrons. The minimum Gasteiger partial charge on any atom is -0.478 e. The molecule has 2 rings (SSSR count). The fourth-order valence-electron chi connectivity index (χ4n) is 2.22. The largest absolute Gasteiger partial charge is 0.478 e. The van der Waals surface area contributed by atoms with Crippen molar-refractivity contribution in [3.63, 3.8) is 0 Å². The molecule has 0 aliphatic carbocycles. The van der Waals surface area contributed by atoms with Crippen LogP contribution in [0.3, 0.4) is 0 Å². The number of benzene rings is 2. The summed E-state index contributed by atoms with van der Waals surface area (Å²) in [6.07, 6.45) is 0.609. The molecule has 2 N–H and O–H groups in total. The first kappa shape index (κ1) is 15.8. The quantitative estimate of drug-likeness (QED) is 0.886. The molecule has 0 aliphatic rings.